The van der Waals surface area contributed by atoms with Crippen LogP contribution in [0.4, 0.5) is 5.69 Å². The maximum atomic E-state index is 14.5. The van der Waals surface area contributed by atoms with E-state index in [1.807, 2.05) is 67.6 Å². The number of anilines is 1. The Morgan fingerprint density at radius 3 is 2.35 bits per heavy atom. The topological polar surface area (TPSA) is 63.5 Å². The summed E-state index contributed by atoms with van der Waals surface area (Å²) in [5.41, 5.74) is 5.34. The SMILES string of the molecule is CCN(C(=O)c1c(CN2CCN(C)CC2)c(-c2ccccc2)nc2ccccc12)c1ccccc1C#N. The number of benzene rings is 3. The second-order valence-corrected chi connectivity index (χ2v) is 9.45. The highest BCUT2D eigenvalue weighted by atomic mass is 16.2. The lowest BCUT2D eigenvalue weighted by atomic mass is 9.94. The molecule has 1 amide bonds. The molecule has 0 aliphatic carbocycles. The second-order valence-electron chi connectivity index (χ2n) is 9.45. The van der Waals surface area contributed by atoms with E-state index in [-0.39, 0.29) is 5.91 Å². The maximum absolute atomic E-state index is 14.5. The van der Waals surface area contributed by atoms with Crippen molar-refractivity contribution in [3.05, 3.63) is 95.6 Å². The van der Waals surface area contributed by atoms with Gasteiger partial charge in [0, 0.05) is 55.8 Å². The van der Waals surface area contributed by atoms with Crippen LogP contribution in [0.5, 0.6) is 0 Å². The van der Waals surface area contributed by atoms with Gasteiger partial charge < -0.3 is 9.80 Å². The molecule has 3 aromatic carbocycles. The van der Waals surface area contributed by atoms with Crippen LogP contribution in [0.3, 0.4) is 0 Å². The fourth-order valence-electron chi connectivity index (χ4n) is 5.08. The van der Waals surface area contributed by atoms with Crippen molar-refractivity contribution in [1.29, 1.82) is 5.26 Å². The lowest BCUT2D eigenvalue weighted by molar-refractivity contribution is 0.0986. The smallest absolute Gasteiger partial charge is 0.259 e. The zero-order chi connectivity index (χ0) is 25.8. The summed E-state index contributed by atoms with van der Waals surface area (Å²) in [5.74, 6) is -0.106. The lowest BCUT2D eigenvalue weighted by Crippen LogP contribution is -2.44. The number of hydrogen-bond donors (Lipinski definition) is 0. The molecule has 0 unspecified atom stereocenters. The van der Waals surface area contributed by atoms with Gasteiger partial charge >= 0.3 is 0 Å². The molecule has 2 heterocycles. The quantitative estimate of drug-likeness (QED) is 0.373. The van der Waals surface area contributed by atoms with Crippen molar-refractivity contribution in [2.45, 2.75) is 13.5 Å². The molecule has 37 heavy (non-hydrogen) atoms. The molecular formula is C31H31N5O. The Morgan fingerprint density at radius 1 is 0.946 bits per heavy atom. The van der Waals surface area contributed by atoms with E-state index in [0.29, 0.717) is 29.9 Å². The number of aromatic nitrogens is 1. The van der Waals surface area contributed by atoms with Gasteiger partial charge in [0.15, 0.2) is 0 Å². The van der Waals surface area contributed by atoms with Crippen LogP contribution in [0.25, 0.3) is 22.2 Å². The number of nitriles is 1. The van der Waals surface area contributed by atoms with Crippen LogP contribution in [0.1, 0.15) is 28.4 Å². The van der Waals surface area contributed by atoms with E-state index in [2.05, 4.69) is 35.0 Å². The number of para-hydroxylation sites is 2. The summed E-state index contributed by atoms with van der Waals surface area (Å²) in [5, 5.41) is 10.6. The highest BCUT2D eigenvalue weighted by molar-refractivity contribution is 6.16. The Bertz CT molecular complexity index is 1450. The molecule has 0 radical (unpaired) electrons. The van der Waals surface area contributed by atoms with Crippen molar-refractivity contribution in [2.24, 2.45) is 0 Å². The van der Waals surface area contributed by atoms with Crippen LogP contribution >= 0.6 is 0 Å². The van der Waals surface area contributed by atoms with Crippen molar-refractivity contribution in [3.8, 4) is 17.3 Å². The van der Waals surface area contributed by atoms with Gasteiger partial charge in [-0.2, -0.15) is 5.26 Å². The van der Waals surface area contributed by atoms with Gasteiger partial charge in [-0.1, -0.05) is 60.7 Å². The zero-order valence-electron chi connectivity index (χ0n) is 21.4. The highest BCUT2D eigenvalue weighted by Crippen LogP contribution is 2.34. The predicted octanol–water partition coefficient (Wildman–Crippen LogP) is 5.19. The van der Waals surface area contributed by atoms with Crippen LogP contribution in [-0.2, 0) is 6.54 Å². The van der Waals surface area contributed by atoms with Gasteiger partial charge in [-0.15, -0.1) is 0 Å². The molecule has 186 valence electrons. The van der Waals surface area contributed by atoms with Crippen LogP contribution in [0.15, 0.2) is 78.9 Å². The molecule has 0 saturated carbocycles. The van der Waals surface area contributed by atoms with Gasteiger partial charge in [0.2, 0.25) is 0 Å². The number of carbonyl (C=O) groups excluding carboxylic acids is 1. The average Bonchev–Trinajstić information content (AvgIpc) is 2.95. The van der Waals surface area contributed by atoms with Gasteiger partial charge in [-0.05, 0) is 32.2 Å². The normalized spacial score (nSPS) is 14.4. The molecule has 5 rings (SSSR count). The first-order chi connectivity index (χ1) is 18.1. The van der Waals surface area contributed by atoms with E-state index in [0.717, 1.165) is 53.9 Å². The number of nitrogens with zero attached hydrogens (tertiary/aromatic N) is 5. The molecule has 6 nitrogen and oxygen atoms in total. The van der Waals surface area contributed by atoms with E-state index in [1.165, 1.54) is 0 Å². The van der Waals surface area contributed by atoms with E-state index >= 15 is 0 Å². The summed E-state index contributed by atoms with van der Waals surface area (Å²) in [6, 6.07) is 27.6. The minimum absolute atomic E-state index is 0.106. The van der Waals surface area contributed by atoms with Crippen molar-refractivity contribution in [1.82, 2.24) is 14.8 Å². The predicted molar refractivity (Wildman–Crippen MR) is 148 cm³/mol. The first-order valence-electron chi connectivity index (χ1n) is 12.8. The number of amides is 1. The molecular weight excluding hydrogens is 458 g/mol. The third-order valence-corrected chi connectivity index (χ3v) is 7.11. The van der Waals surface area contributed by atoms with Gasteiger partial charge in [0.1, 0.15) is 6.07 Å². The van der Waals surface area contributed by atoms with Crippen LogP contribution in [-0.4, -0.2) is 60.5 Å². The van der Waals surface area contributed by atoms with E-state index < -0.39 is 0 Å². The highest BCUT2D eigenvalue weighted by Gasteiger charge is 2.28. The molecule has 1 saturated heterocycles. The first-order valence-corrected chi connectivity index (χ1v) is 12.8. The Kier molecular flexibility index (Phi) is 7.27. The third kappa shape index (κ3) is 4.97. The molecule has 4 aromatic rings. The summed E-state index contributed by atoms with van der Waals surface area (Å²) in [7, 11) is 2.14. The Morgan fingerprint density at radius 2 is 1.62 bits per heavy atom. The summed E-state index contributed by atoms with van der Waals surface area (Å²) in [6.07, 6.45) is 0. The molecule has 6 heteroatoms. The van der Waals surface area contributed by atoms with Crippen LogP contribution in [0, 0.1) is 11.3 Å². The lowest BCUT2D eigenvalue weighted by Gasteiger charge is -2.33. The summed E-state index contributed by atoms with van der Waals surface area (Å²) in [6.45, 7) is 6.87. The van der Waals surface area contributed by atoms with Crippen molar-refractivity contribution in [3.63, 3.8) is 0 Å². The Labute approximate surface area is 218 Å². The minimum atomic E-state index is -0.106. The van der Waals surface area contributed by atoms with Crippen molar-refractivity contribution in [2.75, 3.05) is 44.7 Å². The second kappa shape index (κ2) is 10.9. The number of carbonyl (C=O) groups is 1. The molecule has 0 spiro atoms. The van der Waals surface area contributed by atoms with Gasteiger partial charge in [-0.3, -0.25) is 9.69 Å². The molecule has 0 N–H and O–H groups in total. The minimum Gasteiger partial charge on any atom is -0.307 e. The van der Waals surface area contributed by atoms with E-state index in [9.17, 15) is 10.1 Å². The molecule has 0 bridgehead atoms. The number of hydrogen-bond acceptors (Lipinski definition) is 5. The molecule has 1 fully saturated rings. The molecule has 1 aromatic heterocycles. The number of pyridine rings is 1. The van der Waals surface area contributed by atoms with Gasteiger partial charge in [-0.25, -0.2) is 4.98 Å². The largest absolute Gasteiger partial charge is 0.307 e. The van der Waals surface area contributed by atoms with Crippen LogP contribution < -0.4 is 4.90 Å². The standard InChI is InChI=1S/C31H31N5O/c1-3-36(28-16-10-7-13-24(28)21-32)31(37)29-25-14-8-9-15-27(25)33-30(23-11-5-4-6-12-23)26(29)22-35-19-17-34(2)18-20-35/h4-16H,3,17-20,22H2,1-2H3. The number of likely N-dealkylation sites (N-methyl/N-ethyl adjacent to an activating group) is 1. The zero-order valence-corrected chi connectivity index (χ0v) is 21.4. The summed E-state index contributed by atoms with van der Waals surface area (Å²) >= 11 is 0. The van der Waals surface area contributed by atoms with Crippen LogP contribution in [0.2, 0.25) is 0 Å². The van der Waals surface area contributed by atoms with Gasteiger partial charge in [0.05, 0.1) is 28.0 Å². The first kappa shape index (κ1) is 24.6. The van der Waals surface area contributed by atoms with Crippen molar-refractivity contribution < 1.29 is 4.79 Å². The number of fused-ring (bicyclic) bond motifs is 1. The fourth-order valence-corrected chi connectivity index (χ4v) is 5.08. The maximum Gasteiger partial charge on any atom is 0.259 e. The van der Waals surface area contributed by atoms with E-state index in [4.69, 9.17) is 4.98 Å². The Hall–Kier alpha value is -4.05. The third-order valence-electron chi connectivity index (χ3n) is 7.11. The van der Waals surface area contributed by atoms with Gasteiger partial charge in [0.25, 0.3) is 5.91 Å². The summed E-state index contributed by atoms with van der Waals surface area (Å²) in [4.78, 5) is 26.1. The average molecular weight is 490 g/mol. The molecule has 0 atom stereocenters. The molecule has 1 aliphatic heterocycles. The monoisotopic (exact) mass is 489 g/mol. The van der Waals surface area contributed by atoms with Crippen molar-refractivity contribution >= 4 is 22.5 Å². The summed E-state index contributed by atoms with van der Waals surface area (Å²) < 4.78 is 0. The Balaban J connectivity index is 1.73. The number of rotatable bonds is 6. The van der Waals surface area contributed by atoms with E-state index in [1.54, 1.807) is 11.0 Å². The number of piperazine rings is 1. The molecule has 1 aliphatic rings. The fraction of sp³-hybridized carbons (Fsp3) is 0.258.